The van der Waals surface area contributed by atoms with Crippen molar-refractivity contribution in [3.05, 3.63) is 88.5 Å². The van der Waals surface area contributed by atoms with Crippen molar-refractivity contribution in [3.63, 3.8) is 0 Å². The minimum Gasteiger partial charge on any atom is -0.352 e. The van der Waals surface area contributed by atoms with E-state index in [4.69, 9.17) is 0 Å². The first-order valence-electron chi connectivity index (χ1n) is 14.0. The molecule has 2 amide bonds. The molecule has 204 valence electrons. The van der Waals surface area contributed by atoms with Gasteiger partial charge in [-0.3, -0.25) is 9.59 Å². The fraction of sp³-hybridized carbons (Fsp3) is 0.375. The van der Waals surface area contributed by atoms with Gasteiger partial charge < -0.3 is 15.1 Å². The standard InChI is InChI=1S/C32H37N3O3S/c1-23-12-13-24(2)26(20-23)22-35-28-21-25(31(36)33-16-9-19-34-17-7-3-4-8-18-34)14-15-30(28)39(38)29-11-6-5-10-27(29)32(35)37/h5-6,10-15,20-21H,3-4,7-9,16-19,22H2,1-2H3,(H,33,36). The molecule has 0 aliphatic carbocycles. The molecule has 1 fully saturated rings. The highest BCUT2D eigenvalue weighted by atomic mass is 32.2. The van der Waals surface area contributed by atoms with Crippen molar-refractivity contribution in [2.24, 2.45) is 0 Å². The monoisotopic (exact) mass is 543 g/mol. The molecule has 0 saturated carbocycles. The minimum absolute atomic E-state index is 0.180. The van der Waals surface area contributed by atoms with E-state index in [1.165, 1.54) is 25.7 Å². The second-order valence-electron chi connectivity index (χ2n) is 10.6. The zero-order valence-corrected chi connectivity index (χ0v) is 23.7. The number of rotatable bonds is 7. The zero-order valence-electron chi connectivity index (χ0n) is 22.9. The molecule has 1 unspecified atom stereocenters. The number of likely N-dealkylation sites (tertiary alicyclic amines) is 1. The Morgan fingerprint density at radius 1 is 0.923 bits per heavy atom. The van der Waals surface area contributed by atoms with Crippen LogP contribution in [-0.4, -0.2) is 47.1 Å². The Hall–Kier alpha value is -3.29. The van der Waals surface area contributed by atoms with Crippen molar-refractivity contribution < 1.29 is 13.8 Å². The van der Waals surface area contributed by atoms with E-state index in [1.54, 1.807) is 47.4 Å². The van der Waals surface area contributed by atoms with Gasteiger partial charge in [0.25, 0.3) is 11.8 Å². The molecule has 2 aliphatic rings. The number of carbonyl (C=O) groups excluding carboxylic acids is 2. The molecule has 0 radical (unpaired) electrons. The topological polar surface area (TPSA) is 69.7 Å². The third-order valence-corrected chi connectivity index (χ3v) is 9.24. The first-order chi connectivity index (χ1) is 18.9. The van der Waals surface area contributed by atoms with Crippen molar-refractivity contribution in [2.75, 3.05) is 31.1 Å². The molecule has 3 aromatic rings. The highest BCUT2D eigenvalue weighted by Crippen LogP contribution is 2.36. The molecule has 6 nitrogen and oxygen atoms in total. The lowest BCUT2D eigenvalue weighted by atomic mass is 10.0. The Bertz CT molecular complexity index is 1400. The molecule has 0 aromatic heterocycles. The zero-order chi connectivity index (χ0) is 27.4. The molecule has 1 saturated heterocycles. The second kappa shape index (κ2) is 12.3. The molecule has 3 aromatic carbocycles. The van der Waals surface area contributed by atoms with E-state index in [0.29, 0.717) is 39.7 Å². The van der Waals surface area contributed by atoms with Gasteiger partial charge in [0.05, 0.1) is 38.4 Å². The molecule has 0 spiro atoms. The first-order valence-corrected chi connectivity index (χ1v) is 15.1. The molecule has 1 N–H and O–H groups in total. The maximum absolute atomic E-state index is 13.9. The van der Waals surface area contributed by atoms with Crippen LogP contribution in [0.15, 0.2) is 70.5 Å². The predicted octanol–water partition coefficient (Wildman–Crippen LogP) is 5.63. The van der Waals surface area contributed by atoms with E-state index < -0.39 is 10.8 Å². The van der Waals surface area contributed by atoms with E-state index in [1.807, 2.05) is 13.8 Å². The van der Waals surface area contributed by atoms with E-state index in [9.17, 15) is 13.8 Å². The summed E-state index contributed by atoms with van der Waals surface area (Å²) in [4.78, 5) is 32.3. The number of fused-ring (bicyclic) bond motifs is 2. The average Bonchev–Trinajstić information content (AvgIpc) is 3.27. The normalized spacial score (nSPS) is 17.6. The summed E-state index contributed by atoms with van der Waals surface area (Å²) in [5.41, 5.74) is 4.61. The summed E-state index contributed by atoms with van der Waals surface area (Å²) in [5.74, 6) is -0.394. The van der Waals surface area contributed by atoms with Gasteiger partial charge in [-0.1, -0.05) is 48.7 Å². The average molecular weight is 544 g/mol. The molecule has 2 heterocycles. The smallest absolute Gasteiger partial charge is 0.259 e. The summed E-state index contributed by atoms with van der Waals surface area (Å²) in [5, 5.41) is 3.05. The van der Waals surface area contributed by atoms with Crippen molar-refractivity contribution in [1.29, 1.82) is 0 Å². The SMILES string of the molecule is Cc1ccc(C)c(CN2C(=O)c3ccccc3S(=O)c3ccc(C(=O)NCCCN4CCCCCC4)cc32)c1. The quantitative estimate of drug-likeness (QED) is 0.393. The summed E-state index contributed by atoms with van der Waals surface area (Å²) in [6.07, 6.45) is 6.02. The Morgan fingerprint density at radius 2 is 1.69 bits per heavy atom. The highest BCUT2D eigenvalue weighted by Gasteiger charge is 2.31. The van der Waals surface area contributed by atoms with Gasteiger partial charge in [-0.2, -0.15) is 0 Å². The van der Waals surface area contributed by atoms with Crippen LogP contribution in [0.4, 0.5) is 5.69 Å². The Kier molecular flexibility index (Phi) is 8.58. The number of nitrogens with zero attached hydrogens (tertiary/aromatic N) is 2. The molecular weight excluding hydrogens is 506 g/mol. The molecule has 0 bridgehead atoms. The number of carbonyl (C=O) groups is 2. The molecule has 7 heteroatoms. The fourth-order valence-corrected chi connectivity index (χ4v) is 6.81. The van der Waals surface area contributed by atoms with Crippen LogP contribution in [0, 0.1) is 13.8 Å². The number of amides is 2. The van der Waals surface area contributed by atoms with Crippen LogP contribution in [0.3, 0.4) is 0 Å². The fourth-order valence-electron chi connectivity index (χ4n) is 5.47. The Morgan fingerprint density at radius 3 is 2.49 bits per heavy atom. The lowest BCUT2D eigenvalue weighted by Gasteiger charge is -2.24. The Labute approximate surface area is 233 Å². The van der Waals surface area contributed by atoms with Crippen LogP contribution >= 0.6 is 0 Å². The number of benzene rings is 3. The van der Waals surface area contributed by atoms with Gasteiger partial charge >= 0.3 is 0 Å². The molecule has 5 rings (SSSR count). The first kappa shape index (κ1) is 27.3. The van der Waals surface area contributed by atoms with Gasteiger partial charge in [0, 0.05) is 12.1 Å². The van der Waals surface area contributed by atoms with Gasteiger partial charge in [0.15, 0.2) is 0 Å². The van der Waals surface area contributed by atoms with E-state index in [0.717, 1.165) is 42.7 Å². The highest BCUT2D eigenvalue weighted by molar-refractivity contribution is 7.85. The number of hydrogen-bond acceptors (Lipinski definition) is 4. The molecule has 2 aliphatic heterocycles. The maximum Gasteiger partial charge on any atom is 0.259 e. The molecule has 1 atom stereocenters. The van der Waals surface area contributed by atoms with Crippen molar-refractivity contribution in [2.45, 2.75) is 62.3 Å². The molecule has 39 heavy (non-hydrogen) atoms. The maximum atomic E-state index is 13.9. The van der Waals surface area contributed by atoms with Gasteiger partial charge in [0.1, 0.15) is 0 Å². The minimum atomic E-state index is -1.55. The van der Waals surface area contributed by atoms with Crippen LogP contribution in [-0.2, 0) is 17.3 Å². The van der Waals surface area contributed by atoms with Crippen molar-refractivity contribution in [1.82, 2.24) is 10.2 Å². The second-order valence-corrected chi connectivity index (χ2v) is 12.1. The van der Waals surface area contributed by atoms with Crippen LogP contribution < -0.4 is 10.2 Å². The number of hydrogen-bond donors (Lipinski definition) is 1. The summed E-state index contributed by atoms with van der Waals surface area (Å²) in [7, 11) is -1.55. The van der Waals surface area contributed by atoms with Crippen molar-refractivity contribution >= 4 is 28.3 Å². The lowest BCUT2D eigenvalue weighted by Crippen LogP contribution is -2.32. The summed E-state index contributed by atoms with van der Waals surface area (Å²) in [6.45, 7) is 8.24. The van der Waals surface area contributed by atoms with Gasteiger partial charge in [-0.25, -0.2) is 4.21 Å². The van der Waals surface area contributed by atoms with Gasteiger partial charge in [-0.05, 0) is 94.2 Å². The van der Waals surface area contributed by atoms with E-state index >= 15 is 0 Å². The third kappa shape index (κ3) is 6.15. The van der Waals surface area contributed by atoms with Crippen LogP contribution in [0.25, 0.3) is 0 Å². The number of nitrogens with one attached hydrogen (secondary N) is 1. The van der Waals surface area contributed by atoms with Gasteiger partial charge in [0.2, 0.25) is 0 Å². The van der Waals surface area contributed by atoms with Crippen LogP contribution in [0.2, 0.25) is 0 Å². The summed E-state index contributed by atoms with van der Waals surface area (Å²) >= 11 is 0. The lowest BCUT2D eigenvalue weighted by molar-refractivity contribution is 0.0948. The summed E-state index contributed by atoms with van der Waals surface area (Å²) < 4.78 is 13.7. The summed E-state index contributed by atoms with van der Waals surface area (Å²) in [6, 6.07) is 18.4. The number of anilines is 1. The van der Waals surface area contributed by atoms with Crippen LogP contribution in [0.5, 0.6) is 0 Å². The molecular formula is C32H37N3O3S. The Balaban J connectivity index is 1.40. The van der Waals surface area contributed by atoms with Crippen LogP contribution in [0.1, 0.15) is 69.5 Å². The van der Waals surface area contributed by atoms with Gasteiger partial charge in [-0.15, -0.1) is 0 Å². The van der Waals surface area contributed by atoms with E-state index in [-0.39, 0.29) is 11.8 Å². The largest absolute Gasteiger partial charge is 0.352 e. The van der Waals surface area contributed by atoms with Crippen molar-refractivity contribution in [3.8, 4) is 0 Å². The predicted molar refractivity (Wildman–Crippen MR) is 156 cm³/mol. The third-order valence-electron chi connectivity index (χ3n) is 7.74. The number of aryl methyl sites for hydroxylation is 2. The van der Waals surface area contributed by atoms with E-state index in [2.05, 4.69) is 28.4 Å².